The molecule has 0 aromatic heterocycles. The second kappa shape index (κ2) is 12.2. The van der Waals surface area contributed by atoms with Crippen molar-refractivity contribution in [1.82, 2.24) is 0 Å². The summed E-state index contributed by atoms with van der Waals surface area (Å²) in [5, 5.41) is 6.04. The Morgan fingerprint density at radius 3 is 2.38 bits per heavy atom. The lowest BCUT2D eigenvalue weighted by molar-refractivity contribution is -0.114. The molecular formula is C27H30N2O3. The lowest BCUT2D eigenvalue weighted by Gasteiger charge is -2.13. The van der Waals surface area contributed by atoms with E-state index in [2.05, 4.69) is 29.3 Å². The number of amides is 1. The van der Waals surface area contributed by atoms with Crippen LogP contribution in [0.5, 0.6) is 11.5 Å². The van der Waals surface area contributed by atoms with Crippen LogP contribution in [-0.2, 0) is 11.2 Å². The molecule has 166 valence electrons. The van der Waals surface area contributed by atoms with Crippen molar-refractivity contribution in [3.63, 3.8) is 0 Å². The van der Waals surface area contributed by atoms with Gasteiger partial charge in [-0.1, -0.05) is 49.0 Å². The number of hydrogen-bond donors (Lipinski definition) is 2. The molecule has 3 rings (SSSR count). The number of benzene rings is 3. The average molecular weight is 431 g/mol. The second-order valence-electron chi connectivity index (χ2n) is 7.61. The van der Waals surface area contributed by atoms with Gasteiger partial charge in [0.1, 0.15) is 18.1 Å². The van der Waals surface area contributed by atoms with Crippen LogP contribution in [0.2, 0.25) is 0 Å². The van der Waals surface area contributed by atoms with Gasteiger partial charge in [-0.15, -0.1) is 0 Å². The van der Waals surface area contributed by atoms with Crippen molar-refractivity contribution >= 4 is 17.3 Å². The van der Waals surface area contributed by atoms with Crippen LogP contribution in [0.4, 0.5) is 11.4 Å². The SMILES string of the molecule is C=C(C)COc1ccc(NC(=O)CNc2ccccc2OCCCc2ccccc2)cc1. The van der Waals surface area contributed by atoms with Gasteiger partial charge in [0.05, 0.1) is 18.8 Å². The fraction of sp³-hybridized carbons (Fsp3) is 0.222. The van der Waals surface area contributed by atoms with E-state index in [0.717, 1.165) is 35.6 Å². The van der Waals surface area contributed by atoms with Gasteiger partial charge in [-0.05, 0) is 67.3 Å². The highest BCUT2D eigenvalue weighted by Gasteiger charge is 2.07. The van der Waals surface area contributed by atoms with E-state index in [-0.39, 0.29) is 12.5 Å². The van der Waals surface area contributed by atoms with Crippen molar-refractivity contribution in [2.24, 2.45) is 0 Å². The molecule has 3 aromatic rings. The van der Waals surface area contributed by atoms with Gasteiger partial charge in [0.2, 0.25) is 5.91 Å². The number of nitrogens with one attached hydrogen (secondary N) is 2. The van der Waals surface area contributed by atoms with Gasteiger partial charge in [-0.2, -0.15) is 0 Å². The number of carbonyl (C=O) groups is 1. The standard InChI is InChI=1S/C27H30N2O3/c1-21(2)20-32-24-16-14-23(15-17-24)29-27(30)19-28-25-12-6-7-13-26(25)31-18-8-11-22-9-4-3-5-10-22/h3-7,9-10,12-17,28H,1,8,11,18-20H2,2H3,(H,29,30). The molecule has 5 heteroatoms. The summed E-state index contributed by atoms with van der Waals surface area (Å²) < 4.78 is 11.5. The summed E-state index contributed by atoms with van der Waals surface area (Å²) in [7, 11) is 0. The summed E-state index contributed by atoms with van der Waals surface area (Å²) in [5.41, 5.74) is 3.76. The van der Waals surface area contributed by atoms with E-state index in [0.29, 0.717) is 18.9 Å². The van der Waals surface area contributed by atoms with E-state index in [4.69, 9.17) is 9.47 Å². The topological polar surface area (TPSA) is 59.6 Å². The lowest BCUT2D eigenvalue weighted by atomic mass is 10.1. The molecule has 0 aliphatic rings. The third-order valence-corrected chi connectivity index (χ3v) is 4.66. The van der Waals surface area contributed by atoms with Gasteiger partial charge in [0.15, 0.2) is 0 Å². The van der Waals surface area contributed by atoms with Crippen molar-refractivity contribution < 1.29 is 14.3 Å². The monoisotopic (exact) mass is 430 g/mol. The molecule has 0 saturated heterocycles. The molecule has 0 atom stereocenters. The Kier molecular flexibility index (Phi) is 8.75. The van der Waals surface area contributed by atoms with Crippen LogP contribution < -0.4 is 20.1 Å². The molecule has 0 radical (unpaired) electrons. The fourth-order valence-corrected chi connectivity index (χ4v) is 3.06. The van der Waals surface area contributed by atoms with E-state index in [1.54, 1.807) is 0 Å². The lowest BCUT2D eigenvalue weighted by Crippen LogP contribution is -2.22. The van der Waals surface area contributed by atoms with Crippen LogP contribution in [0.25, 0.3) is 0 Å². The van der Waals surface area contributed by atoms with Crippen molar-refractivity contribution in [2.45, 2.75) is 19.8 Å². The van der Waals surface area contributed by atoms with Gasteiger partial charge in [0.25, 0.3) is 0 Å². The third-order valence-electron chi connectivity index (χ3n) is 4.66. The van der Waals surface area contributed by atoms with Crippen LogP contribution >= 0.6 is 0 Å². The smallest absolute Gasteiger partial charge is 0.243 e. The summed E-state index contributed by atoms with van der Waals surface area (Å²) >= 11 is 0. The van der Waals surface area contributed by atoms with Gasteiger partial charge in [0, 0.05) is 5.69 Å². The third kappa shape index (κ3) is 7.84. The Balaban J connectivity index is 1.43. The predicted molar refractivity (Wildman–Crippen MR) is 131 cm³/mol. The molecule has 1 amide bonds. The van der Waals surface area contributed by atoms with E-state index >= 15 is 0 Å². The zero-order chi connectivity index (χ0) is 22.6. The number of anilines is 2. The Hall–Kier alpha value is -3.73. The molecule has 0 unspecified atom stereocenters. The number of ether oxygens (including phenoxy) is 2. The zero-order valence-electron chi connectivity index (χ0n) is 18.5. The minimum atomic E-state index is -0.139. The summed E-state index contributed by atoms with van der Waals surface area (Å²) in [6.45, 7) is 6.95. The first-order chi connectivity index (χ1) is 15.6. The molecule has 0 aliphatic heterocycles. The number of aryl methyl sites for hydroxylation is 1. The van der Waals surface area contributed by atoms with Gasteiger partial charge in [-0.3, -0.25) is 4.79 Å². The summed E-state index contributed by atoms with van der Waals surface area (Å²) in [5.74, 6) is 1.34. The number of carbonyl (C=O) groups excluding carboxylic acids is 1. The molecule has 0 spiro atoms. The van der Waals surface area contributed by atoms with Crippen LogP contribution in [0.1, 0.15) is 18.9 Å². The van der Waals surface area contributed by atoms with E-state index < -0.39 is 0 Å². The first-order valence-corrected chi connectivity index (χ1v) is 10.8. The van der Waals surface area contributed by atoms with E-state index in [9.17, 15) is 4.79 Å². The molecule has 0 saturated carbocycles. The zero-order valence-corrected chi connectivity index (χ0v) is 18.5. The minimum Gasteiger partial charge on any atom is -0.491 e. The van der Waals surface area contributed by atoms with Gasteiger partial charge in [-0.25, -0.2) is 0 Å². The Morgan fingerprint density at radius 1 is 0.906 bits per heavy atom. The van der Waals surface area contributed by atoms with E-state index in [1.807, 2.05) is 73.7 Å². The number of rotatable bonds is 12. The summed E-state index contributed by atoms with van der Waals surface area (Å²) in [6.07, 6.45) is 1.89. The molecule has 32 heavy (non-hydrogen) atoms. The fourth-order valence-electron chi connectivity index (χ4n) is 3.06. The number of hydrogen-bond acceptors (Lipinski definition) is 4. The molecule has 2 N–H and O–H groups in total. The van der Waals surface area contributed by atoms with Crippen LogP contribution in [0.3, 0.4) is 0 Å². The Labute approximate surface area is 190 Å². The maximum absolute atomic E-state index is 12.4. The minimum absolute atomic E-state index is 0.137. The summed E-state index contributed by atoms with van der Waals surface area (Å²) in [4.78, 5) is 12.4. The molecule has 0 bridgehead atoms. The van der Waals surface area contributed by atoms with E-state index in [1.165, 1.54) is 5.56 Å². The molecule has 5 nitrogen and oxygen atoms in total. The molecule has 0 fully saturated rings. The molecule has 0 heterocycles. The Morgan fingerprint density at radius 2 is 1.62 bits per heavy atom. The highest BCUT2D eigenvalue weighted by Crippen LogP contribution is 2.24. The maximum Gasteiger partial charge on any atom is 0.243 e. The van der Waals surface area contributed by atoms with Gasteiger partial charge < -0.3 is 20.1 Å². The molecule has 3 aromatic carbocycles. The normalized spacial score (nSPS) is 10.3. The Bertz CT molecular complexity index is 1000. The highest BCUT2D eigenvalue weighted by molar-refractivity contribution is 5.94. The highest BCUT2D eigenvalue weighted by atomic mass is 16.5. The van der Waals surface area contributed by atoms with Crippen molar-refractivity contribution in [3.05, 3.63) is 96.6 Å². The summed E-state index contributed by atoms with van der Waals surface area (Å²) in [6, 6.07) is 25.3. The van der Waals surface area contributed by atoms with Crippen LogP contribution in [0, 0.1) is 0 Å². The van der Waals surface area contributed by atoms with Crippen molar-refractivity contribution in [1.29, 1.82) is 0 Å². The average Bonchev–Trinajstić information content (AvgIpc) is 2.81. The van der Waals surface area contributed by atoms with Crippen LogP contribution in [0.15, 0.2) is 91.0 Å². The molecule has 0 aliphatic carbocycles. The van der Waals surface area contributed by atoms with Gasteiger partial charge >= 0.3 is 0 Å². The predicted octanol–water partition coefficient (Wildman–Crippen LogP) is 5.70. The van der Waals surface area contributed by atoms with Crippen molar-refractivity contribution in [3.8, 4) is 11.5 Å². The first-order valence-electron chi connectivity index (χ1n) is 10.8. The quantitative estimate of drug-likeness (QED) is 0.286. The molecular weight excluding hydrogens is 400 g/mol. The second-order valence-corrected chi connectivity index (χ2v) is 7.61. The van der Waals surface area contributed by atoms with Crippen molar-refractivity contribution in [2.75, 3.05) is 30.4 Å². The first kappa shape index (κ1) is 22.9. The maximum atomic E-state index is 12.4. The largest absolute Gasteiger partial charge is 0.491 e. The van der Waals surface area contributed by atoms with Crippen LogP contribution in [-0.4, -0.2) is 25.7 Å². The number of para-hydroxylation sites is 2.